The van der Waals surface area contributed by atoms with Crippen LogP contribution in [0.1, 0.15) is 44.4 Å². The summed E-state index contributed by atoms with van der Waals surface area (Å²) in [5.41, 5.74) is 5.60. The molecule has 3 heteroatoms. The molecule has 0 amide bonds. The molecule has 14 heavy (non-hydrogen) atoms. The second-order valence-electron chi connectivity index (χ2n) is 3.79. The fourth-order valence-corrected chi connectivity index (χ4v) is 2.44. The Hall–Kier alpha value is -0.570. The van der Waals surface area contributed by atoms with Crippen molar-refractivity contribution in [3.8, 4) is 0 Å². The van der Waals surface area contributed by atoms with Crippen molar-refractivity contribution in [2.24, 2.45) is 5.92 Å². The van der Waals surface area contributed by atoms with E-state index in [0.29, 0.717) is 5.13 Å². The quantitative estimate of drug-likeness (QED) is 0.784. The standard InChI is InChI=1S/C11H20N2S/c1-3-5-6-9(4-2)7-10-8-13-11(12)14-10/h8-9H,3-7H2,1-2H3,(H2,12,13). The van der Waals surface area contributed by atoms with Crippen LogP contribution in [0.25, 0.3) is 0 Å². The molecule has 0 aliphatic carbocycles. The Labute approximate surface area is 90.6 Å². The third-order valence-electron chi connectivity index (χ3n) is 2.60. The highest BCUT2D eigenvalue weighted by Gasteiger charge is 2.08. The third kappa shape index (κ3) is 3.66. The largest absolute Gasteiger partial charge is 0.375 e. The summed E-state index contributed by atoms with van der Waals surface area (Å²) in [5, 5.41) is 0.699. The Kier molecular flexibility index (Phi) is 4.94. The third-order valence-corrected chi connectivity index (χ3v) is 3.45. The molecule has 1 atom stereocenters. The number of nitrogens with two attached hydrogens (primary N) is 1. The summed E-state index contributed by atoms with van der Waals surface area (Å²) < 4.78 is 0. The number of aromatic nitrogens is 1. The summed E-state index contributed by atoms with van der Waals surface area (Å²) in [6.07, 6.45) is 8.32. The van der Waals surface area contributed by atoms with Gasteiger partial charge in [0.15, 0.2) is 5.13 Å². The summed E-state index contributed by atoms with van der Waals surface area (Å²) in [6.45, 7) is 4.52. The summed E-state index contributed by atoms with van der Waals surface area (Å²) >= 11 is 1.63. The van der Waals surface area contributed by atoms with Gasteiger partial charge < -0.3 is 5.73 Å². The molecule has 1 aromatic heterocycles. The van der Waals surface area contributed by atoms with E-state index in [1.807, 2.05) is 6.20 Å². The molecule has 2 N–H and O–H groups in total. The van der Waals surface area contributed by atoms with Crippen LogP contribution in [0.4, 0.5) is 5.13 Å². The highest BCUT2D eigenvalue weighted by atomic mass is 32.1. The molecule has 0 saturated heterocycles. The molecule has 1 rings (SSSR count). The normalized spacial score (nSPS) is 13.0. The van der Waals surface area contributed by atoms with Gasteiger partial charge >= 0.3 is 0 Å². The van der Waals surface area contributed by atoms with Gasteiger partial charge in [-0.15, -0.1) is 11.3 Å². The summed E-state index contributed by atoms with van der Waals surface area (Å²) in [6, 6.07) is 0. The number of nitrogen functional groups attached to an aromatic ring is 1. The fourth-order valence-electron chi connectivity index (χ4n) is 1.64. The minimum Gasteiger partial charge on any atom is -0.375 e. The van der Waals surface area contributed by atoms with Gasteiger partial charge in [-0.05, 0) is 12.3 Å². The van der Waals surface area contributed by atoms with E-state index in [0.717, 1.165) is 12.3 Å². The zero-order valence-corrected chi connectivity index (χ0v) is 9.94. The summed E-state index contributed by atoms with van der Waals surface area (Å²) in [7, 11) is 0. The van der Waals surface area contributed by atoms with Crippen molar-refractivity contribution < 1.29 is 0 Å². The van der Waals surface area contributed by atoms with Crippen molar-refractivity contribution in [3.05, 3.63) is 11.1 Å². The molecule has 1 unspecified atom stereocenters. The lowest BCUT2D eigenvalue weighted by molar-refractivity contribution is 0.451. The van der Waals surface area contributed by atoms with Crippen LogP contribution < -0.4 is 5.73 Å². The molecular weight excluding hydrogens is 192 g/mol. The van der Waals surface area contributed by atoms with Gasteiger partial charge in [0.2, 0.25) is 0 Å². The van der Waals surface area contributed by atoms with Crippen LogP contribution >= 0.6 is 11.3 Å². The first-order valence-corrected chi connectivity index (χ1v) is 6.28. The second kappa shape index (κ2) is 6.02. The first-order valence-electron chi connectivity index (χ1n) is 5.46. The Morgan fingerprint density at radius 2 is 2.29 bits per heavy atom. The first kappa shape index (κ1) is 11.5. The number of hydrogen-bond donors (Lipinski definition) is 1. The lowest BCUT2D eigenvalue weighted by Crippen LogP contribution is -2.01. The van der Waals surface area contributed by atoms with E-state index in [-0.39, 0.29) is 0 Å². The van der Waals surface area contributed by atoms with Gasteiger partial charge in [0.25, 0.3) is 0 Å². The predicted octanol–water partition coefficient (Wildman–Crippen LogP) is 3.48. The summed E-state index contributed by atoms with van der Waals surface area (Å²) in [5.74, 6) is 0.815. The highest BCUT2D eigenvalue weighted by Crippen LogP contribution is 2.23. The van der Waals surface area contributed by atoms with Crippen LogP contribution in [-0.4, -0.2) is 4.98 Å². The zero-order valence-electron chi connectivity index (χ0n) is 9.12. The van der Waals surface area contributed by atoms with Crippen molar-refractivity contribution >= 4 is 16.5 Å². The molecule has 1 aromatic rings. The smallest absolute Gasteiger partial charge is 0.180 e. The van der Waals surface area contributed by atoms with E-state index in [1.54, 1.807) is 11.3 Å². The molecule has 0 saturated carbocycles. The summed E-state index contributed by atoms with van der Waals surface area (Å²) in [4.78, 5) is 5.42. The average molecular weight is 212 g/mol. The Balaban J connectivity index is 2.40. The maximum Gasteiger partial charge on any atom is 0.180 e. The van der Waals surface area contributed by atoms with Crippen molar-refractivity contribution in [2.75, 3.05) is 5.73 Å². The number of unbranched alkanes of at least 4 members (excludes halogenated alkanes) is 1. The van der Waals surface area contributed by atoms with E-state index >= 15 is 0 Å². The van der Waals surface area contributed by atoms with E-state index in [2.05, 4.69) is 18.8 Å². The molecular formula is C11H20N2S. The van der Waals surface area contributed by atoms with Crippen molar-refractivity contribution in [1.29, 1.82) is 0 Å². The first-order chi connectivity index (χ1) is 6.76. The van der Waals surface area contributed by atoms with E-state index in [9.17, 15) is 0 Å². The van der Waals surface area contributed by atoms with Gasteiger partial charge in [0.1, 0.15) is 0 Å². The topological polar surface area (TPSA) is 38.9 Å². The fraction of sp³-hybridized carbons (Fsp3) is 0.727. The minimum atomic E-state index is 0.699. The number of anilines is 1. The lowest BCUT2D eigenvalue weighted by Gasteiger charge is -2.12. The van der Waals surface area contributed by atoms with Crippen molar-refractivity contribution in [3.63, 3.8) is 0 Å². The number of hydrogen-bond acceptors (Lipinski definition) is 3. The SMILES string of the molecule is CCCCC(CC)Cc1cnc(N)s1. The van der Waals surface area contributed by atoms with Gasteiger partial charge in [-0.2, -0.15) is 0 Å². The minimum absolute atomic E-state index is 0.699. The molecule has 0 bridgehead atoms. The number of nitrogens with zero attached hydrogens (tertiary/aromatic N) is 1. The Bertz CT molecular complexity index is 258. The zero-order chi connectivity index (χ0) is 10.4. The van der Waals surface area contributed by atoms with Gasteiger partial charge in [-0.3, -0.25) is 0 Å². The van der Waals surface area contributed by atoms with Gasteiger partial charge in [0, 0.05) is 11.1 Å². The Morgan fingerprint density at radius 3 is 2.79 bits per heavy atom. The van der Waals surface area contributed by atoms with E-state index in [1.165, 1.54) is 30.6 Å². The monoisotopic (exact) mass is 212 g/mol. The maximum atomic E-state index is 5.60. The Morgan fingerprint density at radius 1 is 1.50 bits per heavy atom. The molecule has 0 spiro atoms. The van der Waals surface area contributed by atoms with Crippen LogP contribution in [0.2, 0.25) is 0 Å². The molecule has 1 heterocycles. The van der Waals surface area contributed by atoms with Crippen LogP contribution in [0.5, 0.6) is 0 Å². The number of rotatable bonds is 6. The number of thiazole rings is 1. The molecule has 2 nitrogen and oxygen atoms in total. The molecule has 0 aromatic carbocycles. The van der Waals surface area contributed by atoms with Crippen LogP contribution in [-0.2, 0) is 6.42 Å². The molecule has 0 radical (unpaired) electrons. The van der Waals surface area contributed by atoms with E-state index in [4.69, 9.17) is 5.73 Å². The maximum absolute atomic E-state index is 5.60. The van der Waals surface area contributed by atoms with Gasteiger partial charge in [-0.1, -0.05) is 39.5 Å². The lowest BCUT2D eigenvalue weighted by atomic mass is 9.95. The van der Waals surface area contributed by atoms with Crippen LogP contribution in [0.3, 0.4) is 0 Å². The van der Waals surface area contributed by atoms with Crippen molar-refractivity contribution in [2.45, 2.75) is 46.0 Å². The second-order valence-corrected chi connectivity index (χ2v) is 4.93. The molecule has 0 fully saturated rings. The van der Waals surface area contributed by atoms with Crippen LogP contribution in [0, 0.1) is 5.92 Å². The van der Waals surface area contributed by atoms with Gasteiger partial charge in [-0.25, -0.2) is 4.98 Å². The average Bonchev–Trinajstić information content (AvgIpc) is 2.58. The van der Waals surface area contributed by atoms with Crippen LogP contribution in [0.15, 0.2) is 6.20 Å². The predicted molar refractivity (Wildman–Crippen MR) is 63.5 cm³/mol. The molecule has 80 valence electrons. The van der Waals surface area contributed by atoms with Gasteiger partial charge in [0.05, 0.1) is 0 Å². The van der Waals surface area contributed by atoms with Crippen molar-refractivity contribution in [1.82, 2.24) is 4.98 Å². The van der Waals surface area contributed by atoms with E-state index < -0.39 is 0 Å². The highest BCUT2D eigenvalue weighted by molar-refractivity contribution is 7.15. The molecule has 0 aliphatic rings. The molecule has 0 aliphatic heterocycles.